The highest BCUT2D eigenvalue weighted by molar-refractivity contribution is 6.30. The number of rotatable bonds is 4. The Morgan fingerprint density at radius 1 is 1.00 bits per heavy atom. The molecule has 0 bridgehead atoms. The summed E-state index contributed by atoms with van der Waals surface area (Å²) < 4.78 is 10.4. The Hall–Kier alpha value is -1.71. The van der Waals surface area contributed by atoms with Gasteiger partial charge in [0.25, 0.3) is 0 Å². The van der Waals surface area contributed by atoms with Crippen molar-refractivity contribution < 1.29 is 14.6 Å². The summed E-state index contributed by atoms with van der Waals surface area (Å²) in [5.74, 6) is 1.27. The highest BCUT2D eigenvalue weighted by atomic mass is 35.5. The van der Waals surface area contributed by atoms with Gasteiger partial charge in [-0.3, -0.25) is 0 Å². The van der Waals surface area contributed by atoms with E-state index in [9.17, 15) is 5.11 Å². The third kappa shape index (κ3) is 3.06. The fourth-order valence-corrected chi connectivity index (χ4v) is 2.25. The van der Waals surface area contributed by atoms with Gasteiger partial charge in [0, 0.05) is 11.1 Å². The van der Waals surface area contributed by atoms with Crippen LogP contribution < -0.4 is 9.47 Å². The summed E-state index contributed by atoms with van der Waals surface area (Å²) in [5, 5.41) is 11.2. The van der Waals surface area contributed by atoms with Gasteiger partial charge in [0.15, 0.2) is 0 Å². The van der Waals surface area contributed by atoms with Crippen LogP contribution >= 0.6 is 11.6 Å². The molecule has 4 heteroatoms. The van der Waals surface area contributed by atoms with Crippen LogP contribution in [-0.4, -0.2) is 19.3 Å². The van der Waals surface area contributed by atoms with Crippen molar-refractivity contribution in [3.63, 3.8) is 0 Å². The van der Waals surface area contributed by atoms with Crippen LogP contribution in [0, 0.1) is 6.92 Å². The Bertz CT molecular complexity index is 588. The first-order valence-corrected chi connectivity index (χ1v) is 6.60. The third-order valence-electron chi connectivity index (χ3n) is 3.23. The van der Waals surface area contributed by atoms with E-state index in [0.717, 1.165) is 11.1 Å². The fourth-order valence-electron chi connectivity index (χ4n) is 2.07. The van der Waals surface area contributed by atoms with Crippen molar-refractivity contribution in [3.05, 3.63) is 58.1 Å². The van der Waals surface area contributed by atoms with E-state index in [1.54, 1.807) is 44.6 Å². The lowest BCUT2D eigenvalue weighted by Gasteiger charge is -2.16. The van der Waals surface area contributed by atoms with Gasteiger partial charge < -0.3 is 14.6 Å². The van der Waals surface area contributed by atoms with Gasteiger partial charge in [-0.25, -0.2) is 0 Å². The zero-order valence-electron chi connectivity index (χ0n) is 11.7. The Morgan fingerprint density at radius 3 is 2.15 bits per heavy atom. The van der Waals surface area contributed by atoms with E-state index in [1.165, 1.54) is 0 Å². The molecule has 2 aromatic carbocycles. The van der Waals surface area contributed by atoms with Gasteiger partial charge in [-0.15, -0.1) is 0 Å². The SMILES string of the molecule is COc1cc(OC)cc(C(O)c2cc(Cl)ccc2C)c1. The second-order valence-electron chi connectivity index (χ2n) is 4.55. The number of aliphatic hydroxyl groups is 1. The van der Waals surface area contributed by atoms with Crippen molar-refractivity contribution in [2.75, 3.05) is 14.2 Å². The molecule has 0 fully saturated rings. The van der Waals surface area contributed by atoms with Gasteiger partial charge in [-0.05, 0) is 47.9 Å². The van der Waals surface area contributed by atoms with E-state index in [1.807, 2.05) is 13.0 Å². The van der Waals surface area contributed by atoms with Gasteiger partial charge >= 0.3 is 0 Å². The van der Waals surface area contributed by atoms with Crippen molar-refractivity contribution in [1.29, 1.82) is 0 Å². The molecule has 0 aliphatic carbocycles. The molecule has 106 valence electrons. The molecule has 0 heterocycles. The summed E-state index contributed by atoms with van der Waals surface area (Å²) in [7, 11) is 3.16. The average Bonchev–Trinajstić information content (AvgIpc) is 2.48. The highest BCUT2D eigenvalue weighted by Crippen LogP contribution is 2.32. The van der Waals surface area contributed by atoms with E-state index in [0.29, 0.717) is 22.1 Å². The molecule has 2 rings (SSSR count). The standard InChI is InChI=1S/C16H17ClO3/c1-10-4-5-12(17)8-15(10)16(18)11-6-13(19-2)9-14(7-11)20-3/h4-9,16,18H,1-3H3. The second kappa shape index (κ2) is 6.16. The molecule has 0 radical (unpaired) electrons. The number of ether oxygens (including phenoxy) is 2. The molecule has 0 aromatic heterocycles. The monoisotopic (exact) mass is 292 g/mol. The minimum absolute atomic E-state index is 0.597. The Morgan fingerprint density at radius 2 is 1.60 bits per heavy atom. The Labute approximate surface area is 123 Å². The van der Waals surface area contributed by atoms with Crippen LogP contribution in [-0.2, 0) is 0 Å². The number of halogens is 1. The molecule has 0 spiro atoms. The normalized spacial score (nSPS) is 12.1. The number of hydrogen-bond acceptors (Lipinski definition) is 3. The molecule has 1 unspecified atom stereocenters. The van der Waals surface area contributed by atoms with E-state index >= 15 is 0 Å². The molecule has 0 aliphatic heterocycles. The van der Waals surface area contributed by atoms with Crippen LogP contribution in [0.3, 0.4) is 0 Å². The van der Waals surface area contributed by atoms with Crippen molar-refractivity contribution in [2.24, 2.45) is 0 Å². The fraction of sp³-hybridized carbons (Fsp3) is 0.250. The summed E-state index contributed by atoms with van der Waals surface area (Å²) in [6, 6.07) is 10.8. The molecule has 0 aliphatic rings. The third-order valence-corrected chi connectivity index (χ3v) is 3.46. The molecule has 1 N–H and O–H groups in total. The number of methoxy groups -OCH3 is 2. The molecule has 2 aromatic rings. The first-order chi connectivity index (χ1) is 9.55. The van der Waals surface area contributed by atoms with Crippen LogP contribution in [0.5, 0.6) is 11.5 Å². The smallest absolute Gasteiger partial charge is 0.122 e. The molecule has 0 amide bonds. The van der Waals surface area contributed by atoms with Gasteiger partial charge in [-0.1, -0.05) is 17.7 Å². The van der Waals surface area contributed by atoms with E-state index in [4.69, 9.17) is 21.1 Å². The van der Waals surface area contributed by atoms with Crippen LogP contribution in [0.25, 0.3) is 0 Å². The summed E-state index contributed by atoms with van der Waals surface area (Å²) in [6.07, 6.45) is -0.780. The van der Waals surface area contributed by atoms with E-state index in [2.05, 4.69) is 0 Å². The number of aliphatic hydroxyl groups excluding tert-OH is 1. The lowest BCUT2D eigenvalue weighted by Crippen LogP contribution is -2.03. The van der Waals surface area contributed by atoms with Crippen molar-refractivity contribution >= 4 is 11.6 Å². The summed E-state index contributed by atoms with van der Waals surface area (Å²) in [6.45, 7) is 1.94. The van der Waals surface area contributed by atoms with Crippen LogP contribution in [0.1, 0.15) is 22.8 Å². The van der Waals surface area contributed by atoms with Crippen LogP contribution in [0.15, 0.2) is 36.4 Å². The molecule has 20 heavy (non-hydrogen) atoms. The topological polar surface area (TPSA) is 38.7 Å². The highest BCUT2D eigenvalue weighted by Gasteiger charge is 2.15. The maximum atomic E-state index is 10.6. The molecule has 0 saturated heterocycles. The van der Waals surface area contributed by atoms with E-state index in [-0.39, 0.29) is 0 Å². The largest absolute Gasteiger partial charge is 0.497 e. The molecule has 3 nitrogen and oxygen atoms in total. The maximum absolute atomic E-state index is 10.6. The summed E-state index contributed by atoms with van der Waals surface area (Å²) >= 11 is 6.00. The van der Waals surface area contributed by atoms with Crippen LogP contribution in [0.2, 0.25) is 5.02 Å². The van der Waals surface area contributed by atoms with E-state index < -0.39 is 6.10 Å². The maximum Gasteiger partial charge on any atom is 0.122 e. The molecule has 0 saturated carbocycles. The summed E-state index contributed by atoms with van der Waals surface area (Å²) in [4.78, 5) is 0. The molecule has 1 atom stereocenters. The predicted molar refractivity (Wildman–Crippen MR) is 79.8 cm³/mol. The minimum Gasteiger partial charge on any atom is -0.497 e. The second-order valence-corrected chi connectivity index (χ2v) is 4.99. The average molecular weight is 293 g/mol. The lowest BCUT2D eigenvalue weighted by atomic mass is 9.97. The van der Waals surface area contributed by atoms with Crippen molar-refractivity contribution in [1.82, 2.24) is 0 Å². The van der Waals surface area contributed by atoms with Gasteiger partial charge in [0.1, 0.15) is 17.6 Å². The predicted octanol–water partition coefficient (Wildman–Crippen LogP) is 3.75. The number of aryl methyl sites for hydroxylation is 1. The van der Waals surface area contributed by atoms with Gasteiger partial charge in [-0.2, -0.15) is 0 Å². The number of benzene rings is 2. The lowest BCUT2D eigenvalue weighted by molar-refractivity contribution is 0.218. The Balaban J connectivity index is 2.46. The molecular formula is C16H17ClO3. The first-order valence-electron chi connectivity index (χ1n) is 6.22. The van der Waals surface area contributed by atoms with Crippen molar-refractivity contribution in [3.8, 4) is 11.5 Å². The minimum atomic E-state index is -0.780. The summed E-state index contributed by atoms with van der Waals surface area (Å²) in [5.41, 5.74) is 2.45. The zero-order valence-corrected chi connectivity index (χ0v) is 12.4. The number of hydrogen-bond donors (Lipinski definition) is 1. The van der Waals surface area contributed by atoms with Gasteiger partial charge in [0.05, 0.1) is 14.2 Å². The van der Waals surface area contributed by atoms with Crippen molar-refractivity contribution in [2.45, 2.75) is 13.0 Å². The van der Waals surface area contributed by atoms with Gasteiger partial charge in [0.2, 0.25) is 0 Å². The first kappa shape index (κ1) is 14.7. The zero-order chi connectivity index (χ0) is 14.7. The quantitative estimate of drug-likeness (QED) is 0.933. The Kier molecular flexibility index (Phi) is 4.53. The molecular weight excluding hydrogens is 276 g/mol. The van der Waals surface area contributed by atoms with Crippen LogP contribution in [0.4, 0.5) is 0 Å².